The standard InChI is InChI=1S/C31H39N3O4S/c1-7-28(30(36)32-31(4,5)6)33(21-25-18-16-23(2)17-19-25)29(35)22-34(26-13-11-12-24(3)20-26)39(37,38)27-14-9-8-10-15-27/h8-20,28H,7,21-22H2,1-6H3,(H,32,36)/t28-/m0/s1. The van der Waals surface area contributed by atoms with Gasteiger partial charge < -0.3 is 10.2 Å². The van der Waals surface area contributed by atoms with E-state index in [0.717, 1.165) is 21.0 Å². The third-order valence-corrected chi connectivity index (χ3v) is 8.05. The van der Waals surface area contributed by atoms with Crippen molar-refractivity contribution in [2.75, 3.05) is 10.8 Å². The lowest BCUT2D eigenvalue weighted by atomic mass is 10.1. The van der Waals surface area contributed by atoms with Crippen LogP contribution in [0.15, 0.2) is 83.8 Å². The molecule has 0 saturated heterocycles. The summed E-state index contributed by atoms with van der Waals surface area (Å²) in [4.78, 5) is 29.0. The number of nitrogens with zero attached hydrogens (tertiary/aromatic N) is 2. The first-order valence-corrected chi connectivity index (χ1v) is 14.6. The summed E-state index contributed by atoms with van der Waals surface area (Å²) in [7, 11) is -4.07. The van der Waals surface area contributed by atoms with Crippen LogP contribution in [0, 0.1) is 13.8 Å². The molecule has 0 aliphatic rings. The van der Waals surface area contributed by atoms with Gasteiger partial charge >= 0.3 is 0 Å². The highest BCUT2D eigenvalue weighted by atomic mass is 32.2. The van der Waals surface area contributed by atoms with Crippen molar-refractivity contribution in [3.8, 4) is 0 Å². The maximum absolute atomic E-state index is 14.1. The van der Waals surface area contributed by atoms with Crippen molar-refractivity contribution in [1.82, 2.24) is 10.2 Å². The van der Waals surface area contributed by atoms with Crippen molar-refractivity contribution in [2.24, 2.45) is 0 Å². The highest BCUT2D eigenvalue weighted by molar-refractivity contribution is 7.92. The summed E-state index contributed by atoms with van der Waals surface area (Å²) in [5, 5.41) is 2.98. The number of anilines is 1. The second-order valence-electron chi connectivity index (χ2n) is 10.8. The molecule has 0 fully saturated rings. The van der Waals surface area contributed by atoms with Crippen molar-refractivity contribution in [3.63, 3.8) is 0 Å². The van der Waals surface area contributed by atoms with E-state index in [1.54, 1.807) is 36.4 Å². The van der Waals surface area contributed by atoms with Crippen molar-refractivity contribution < 1.29 is 18.0 Å². The van der Waals surface area contributed by atoms with Gasteiger partial charge in [0, 0.05) is 12.1 Å². The van der Waals surface area contributed by atoms with E-state index in [2.05, 4.69) is 5.32 Å². The van der Waals surface area contributed by atoms with E-state index in [1.165, 1.54) is 17.0 Å². The number of carbonyl (C=O) groups excluding carboxylic acids is 2. The lowest BCUT2D eigenvalue weighted by Gasteiger charge is -2.34. The molecule has 1 N–H and O–H groups in total. The summed E-state index contributed by atoms with van der Waals surface area (Å²) < 4.78 is 28.8. The predicted octanol–water partition coefficient (Wildman–Crippen LogP) is 5.22. The molecule has 7 nitrogen and oxygen atoms in total. The average molecular weight is 550 g/mol. The van der Waals surface area contributed by atoms with Crippen LogP contribution in [0.2, 0.25) is 0 Å². The minimum Gasteiger partial charge on any atom is -0.350 e. The zero-order chi connectivity index (χ0) is 28.8. The number of benzene rings is 3. The predicted molar refractivity (Wildman–Crippen MR) is 156 cm³/mol. The Kier molecular flexibility index (Phi) is 9.56. The summed E-state index contributed by atoms with van der Waals surface area (Å²) in [5.74, 6) is -0.744. The van der Waals surface area contributed by atoms with Crippen molar-refractivity contribution in [1.29, 1.82) is 0 Å². The summed E-state index contributed by atoms with van der Waals surface area (Å²) in [5.41, 5.74) is 2.68. The molecule has 2 amide bonds. The van der Waals surface area contributed by atoms with Crippen LogP contribution in [0.5, 0.6) is 0 Å². The van der Waals surface area contributed by atoms with Crippen LogP contribution in [0.1, 0.15) is 50.8 Å². The Morgan fingerprint density at radius 2 is 1.51 bits per heavy atom. The number of sulfonamides is 1. The molecule has 0 saturated carbocycles. The Labute approximate surface area is 232 Å². The fourth-order valence-corrected chi connectivity index (χ4v) is 5.72. The number of aryl methyl sites for hydroxylation is 2. The summed E-state index contributed by atoms with van der Waals surface area (Å²) >= 11 is 0. The first-order valence-electron chi connectivity index (χ1n) is 13.1. The second-order valence-corrected chi connectivity index (χ2v) is 12.7. The van der Waals surface area contributed by atoms with Crippen LogP contribution in [0.3, 0.4) is 0 Å². The topological polar surface area (TPSA) is 86.8 Å². The molecule has 3 rings (SSSR count). The third kappa shape index (κ3) is 7.93. The molecule has 0 aliphatic heterocycles. The number of carbonyl (C=O) groups is 2. The molecule has 0 bridgehead atoms. The molecule has 0 heterocycles. The molecule has 0 unspecified atom stereocenters. The lowest BCUT2D eigenvalue weighted by Crippen LogP contribution is -2.55. The molecule has 39 heavy (non-hydrogen) atoms. The SMILES string of the molecule is CC[C@@H](C(=O)NC(C)(C)C)N(Cc1ccc(C)cc1)C(=O)CN(c1cccc(C)c1)S(=O)(=O)c1ccccc1. The molecule has 3 aromatic rings. The van der Waals surface area contributed by atoms with Crippen LogP contribution in [-0.2, 0) is 26.2 Å². The molecule has 0 aromatic heterocycles. The Balaban J connectivity index is 2.06. The lowest BCUT2D eigenvalue weighted by molar-refractivity contribution is -0.141. The number of nitrogens with one attached hydrogen (secondary N) is 1. The minimum atomic E-state index is -4.07. The van der Waals surface area contributed by atoms with Crippen LogP contribution in [0.4, 0.5) is 5.69 Å². The second kappa shape index (κ2) is 12.5. The number of hydrogen-bond acceptors (Lipinski definition) is 4. The first kappa shape index (κ1) is 29.9. The van der Waals surface area contributed by atoms with Gasteiger partial charge in [0.15, 0.2) is 0 Å². The van der Waals surface area contributed by atoms with Gasteiger partial charge in [-0.3, -0.25) is 13.9 Å². The Morgan fingerprint density at radius 1 is 0.872 bits per heavy atom. The molecule has 0 aliphatic carbocycles. The highest BCUT2D eigenvalue weighted by Crippen LogP contribution is 2.25. The molecular formula is C31H39N3O4S. The average Bonchev–Trinajstić information content (AvgIpc) is 2.87. The van der Waals surface area contributed by atoms with Crippen molar-refractivity contribution >= 4 is 27.5 Å². The molecule has 3 aromatic carbocycles. The highest BCUT2D eigenvalue weighted by Gasteiger charge is 2.34. The van der Waals surface area contributed by atoms with Gasteiger partial charge in [0.2, 0.25) is 11.8 Å². The van der Waals surface area contributed by atoms with Crippen LogP contribution >= 0.6 is 0 Å². The fraction of sp³-hybridized carbons (Fsp3) is 0.355. The first-order chi connectivity index (χ1) is 18.3. The fourth-order valence-electron chi connectivity index (χ4n) is 4.29. The molecule has 1 atom stereocenters. The molecule has 0 radical (unpaired) electrons. The Bertz CT molecular complexity index is 1380. The van der Waals surface area contributed by atoms with Crippen LogP contribution in [-0.4, -0.2) is 43.3 Å². The van der Waals surface area contributed by atoms with Gasteiger partial charge in [-0.15, -0.1) is 0 Å². The number of amides is 2. The zero-order valence-electron chi connectivity index (χ0n) is 23.6. The summed E-state index contributed by atoms with van der Waals surface area (Å²) in [6, 6.07) is 22.1. The molecule has 208 valence electrons. The third-order valence-electron chi connectivity index (χ3n) is 6.26. The Hall–Kier alpha value is -3.65. The molecule has 8 heteroatoms. The minimum absolute atomic E-state index is 0.0851. The zero-order valence-corrected chi connectivity index (χ0v) is 24.5. The van der Waals surface area contributed by atoms with E-state index in [-0.39, 0.29) is 17.3 Å². The summed E-state index contributed by atoms with van der Waals surface area (Å²) in [6.07, 6.45) is 0.370. The van der Waals surface area contributed by atoms with Crippen LogP contribution in [0.25, 0.3) is 0 Å². The van der Waals surface area contributed by atoms with E-state index < -0.39 is 34.1 Å². The quantitative estimate of drug-likeness (QED) is 0.376. The number of hydrogen-bond donors (Lipinski definition) is 1. The monoisotopic (exact) mass is 549 g/mol. The van der Waals surface area contributed by atoms with Gasteiger partial charge in [0.05, 0.1) is 10.6 Å². The summed E-state index contributed by atoms with van der Waals surface area (Å²) in [6.45, 7) is 11.1. The van der Waals surface area contributed by atoms with Gasteiger partial charge in [0.25, 0.3) is 10.0 Å². The largest absolute Gasteiger partial charge is 0.350 e. The van der Waals surface area contributed by atoms with E-state index in [4.69, 9.17) is 0 Å². The van der Waals surface area contributed by atoms with Crippen molar-refractivity contribution in [3.05, 3.63) is 95.6 Å². The van der Waals surface area contributed by atoms with Crippen molar-refractivity contribution in [2.45, 2.75) is 71.0 Å². The smallest absolute Gasteiger partial charge is 0.264 e. The molecular weight excluding hydrogens is 510 g/mol. The van der Waals surface area contributed by atoms with Gasteiger partial charge in [-0.1, -0.05) is 67.1 Å². The van der Waals surface area contributed by atoms with E-state index >= 15 is 0 Å². The maximum atomic E-state index is 14.1. The Morgan fingerprint density at radius 3 is 2.08 bits per heavy atom. The number of rotatable bonds is 10. The van der Waals surface area contributed by atoms with Gasteiger partial charge in [-0.2, -0.15) is 0 Å². The van der Waals surface area contributed by atoms with E-state index in [9.17, 15) is 18.0 Å². The van der Waals surface area contributed by atoms with Gasteiger partial charge in [-0.25, -0.2) is 8.42 Å². The van der Waals surface area contributed by atoms with E-state index in [0.29, 0.717) is 12.1 Å². The molecule has 0 spiro atoms. The maximum Gasteiger partial charge on any atom is 0.264 e. The van der Waals surface area contributed by atoms with E-state index in [1.807, 2.05) is 71.9 Å². The van der Waals surface area contributed by atoms with Crippen LogP contribution < -0.4 is 9.62 Å². The van der Waals surface area contributed by atoms with Gasteiger partial charge in [0.1, 0.15) is 12.6 Å². The normalized spacial score (nSPS) is 12.5. The van der Waals surface area contributed by atoms with Gasteiger partial charge in [-0.05, 0) is 76.4 Å².